The van der Waals surface area contributed by atoms with Crippen LogP contribution in [0.4, 0.5) is 13.2 Å². The quantitative estimate of drug-likeness (QED) is 0.442. The van der Waals surface area contributed by atoms with Gasteiger partial charge in [0.1, 0.15) is 5.69 Å². The standard InChI is InChI=1S/C22H19N5O.C2HF3O2/c1-27-15-17(11-20(27)22(28)26-14-19-9-5-6-10-23-19)18-12-24-21(25-13-18)16-7-3-2-4-8-16;3-2(4,5)1(6)7/h2-13,15H,14H2,1H3,(H,26,28);(H,6,7). The molecule has 0 saturated heterocycles. The fourth-order valence-electron chi connectivity index (χ4n) is 2.93. The van der Waals surface area contributed by atoms with Gasteiger partial charge in [0.2, 0.25) is 0 Å². The molecule has 4 rings (SSSR count). The number of aliphatic carboxylic acids is 1. The summed E-state index contributed by atoms with van der Waals surface area (Å²) in [6, 6.07) is 17.3. The SMILES string of the molecule is Cn1cc(-c2cnc(-c3ccccc3)nc2)cc1C(=O)NCc1ccccn1.O=C(O)C(F)(F)F. The number of carbonyl (C=O) groups excluding carboxylic acids is 1. The average molecular weight is 483 g/mol. The molecule has 1 aromatic carbocycles. The predicted octanol–water partition coefficient (Wildman–Crippen LogP) is 4.11. The number of hydrogen-bond donors (Lipinski definition) is 2. The lowest BCUT2D eigenvalue weighted by atomic mass is 10.1. The highest BCUT2D eigenvalue weighted by molar-refractivity contribution is 5.94. The second-order valence-corrected chi connectivity index (χ2v) is 7.19. The van der Waals surface area contributed by atoms with Crippen LogP contribution in [0, 0.1) is 0 Å². The van der Waals surface area contributed by atoms with E-state index < -0.39 is 12.1 Å². The van der Waals surface area contributed by atoms with Crippen molar-refractivity contribution in [2.45, 2.75) is 12.7 Å². The Balaban J connectivity index is 0.000000429. The Bertz CT molecular complexity index is 1280. The van der Waals surface area contributed by atoms with Crippen molar-refractivity contribution >= 4 is 11.9 Å². The van der Waals surface area contributed by atoms with Gasteiger partial charge in [-0.05, 0) is 18.2 Å². The van der Waals surface area contributed by atoms with E-state index in [4.69, 9.17) is 9.90 Å². The molecule has 0 unspecified atom stereocenters. The van der Waals surface area contributed by atoms with Gasteiger partial charge < -0.3 is 15.0 Å². The van der Waals surface area contributed by atoms with Gasteiger partial charge in [0, 0.05) is 48.5 Å². The molecule has 0 saturated carbocycles. The van der Waals surface area contributed by atoms with Gasteiger partial charge in [-0.3, -0.25) is 9.78 Å². The van der Waals surface area contributed by atoms with Crippen LogP contribution in [0.5, 0.6) is 0 Å². The molecule has 4 aromatic rings. The van der Waals surface area contributed by atoms with Crippen LogP contribution in [0.2, 0.25) is 0 Å². The zero-order valence-electron chi connectivity index (χ0n) is 18.4. The zero-order chi connectivity index (χ0) is 25.4. The molecule has 0 spiro atoms. The normalized spacial score (nSPS) is 10.7. The number of nitrogens with one attached hydrogen (secondary N) is 1. The summed E-state index contributed by atoms with van der Waals surface area (Å²) in [4.78, 5) is 34.6. The van der Waals surface area contributed by atoms with Crippen molar-refractivity contribution in [1.82, 2.24) is 24.8 Å². The summed E-state index contributed by atoms with van der Waals surface area (Å²) in [7, 11) is 1.85. The number of benzene rings is 1. The van der Waals surface area contributed by atoms with Crippen LogP contribution in [0.1, 0.15) is 16.2 Å². The molecule has 2 N–H and O–H groups in total. The lowest BCUT2D eigenvalue weighted by molar-refractivity contribution is -0.192. The highest BCUT2D eigenvalue weighted by atomic mass is 19.4. The summed E-state index contributed by atoms with van der Waals surface area (Å²) >= 11 is 0. The molecule has 0 atom stereocenters. The molecular weight excluding hydrogens is 463 g/mol. The van der Waals surface area contributed by atoms with Crippen LogP contribution in [-0.4, -0.2) is 42.7 Å². The number of carboxylic acid groups (broad SMARTS) is 1. The zero-order valence-corrected chi connectivity index (χ0v) is 18.4. The topological polar surface area (TPSA) is 110 Å². The number of aryl methyl sites for hydroxylation is 1. The minimum absolute atomic E-state index is 0.152. The number of carboxylic acids is 1. The number of aromatic nitrogens is 4. The van der Waals surface area contributed by atoms with Gasteiger partial charge in [0.25, 0.3) is 5.91 Å². The van der Waals surface area contributed by atoms with Crippen molar-refractivity contribution in [3.05, 3.63) is 90.8 Å². The largest absolute Gasteiger partial charge is 0.490 e. The van der Waals surface area contributed by atoms with E-state index in [1.54, 1.807) is 23.2 Å². The summed E-state index contributed by atoms with van der Waals surface area (Å²) in [5, 5.41) is 10.0. The molecule has 3 heterocycles. The van der Waals surface area contributed by atoms with E-state index in [-0.39, 0.29) is 5.91 Å². The van der Waals surface area contributed by atoms with Gasteiger partial charge in [-0.25, -0.2) is 14.8 Å². The number of pyridine rings is 1. The molecule has 0 fully saturated rings. The van der Waals surface area contributed by atoms with Crippen molar-refractivity contribution in [3.63, 3.8) is 0 Å². The minimum atomic E-state index is -5.08. The molecule has 3 aromatic heterocycles. The highest BCUT2D eigenvalue weighted by Gasteiger charge is 2.38. The van der Waals surface area contributed by atoms with E-state index in [1.807, 2.05) is 67.8 Å². The lowest BCUT2D eigenvalue weighted by Gasteiger charge is -2.05. The maximum atomic E-state index is 12.5. The Kier molecular flexibility index (Phi) is 7.92. The maximum absolute atomic E-state index is 12.5. The van der Waals surface area contributed by atoms with Gasteiger partial charge >= 0.3 is 12.1 Å². The third kappa shape index (κ3) is 6.97. The number of alkyl halides is 3. The predicted molar refractivity (Wildman–Crippen MR) is 121 cm³/mol. The number of hydrogen-bond acceptors (Lipinski definition) is 5. The fraction of sp³-hybridized carbons (Fsp3) is 0.125. The van der Waals surface area contributed by atoms with Crippen LogP contribution < -0.4 is 5.32 Å². The first-order chi connectivity index (χ1) is 16.6. The summed E-state index contributed by atoms with van der Waals surface area (Å²) < 4.78 is 33.5. The van der Waals surface area contributed by atoms with E-state index >= 15 is 0 Å². The van der Waals surface area contributed by atoms with Crippen molar-refractivity contribution in [1.29, 1.82) is 0 Å². The summed E-state index contributed by atoms with van der Waals surface area (Å²) in [5.41, 5.74) is 4.11. The Morgan fingerprint density at radius 2 is 1.57 bits per heavy atom. The van der Waals surface area contributed by atoms with Gasteiger partial charge in [0.05, 0.1) is 12.2 Å². The van der Waals surface area contributed by atoms with E-state index in [9.17, 15) is 18.0 Å². The van der Waals surface area contributed by atoms with E-state index in [1.165, 1.54) is 0 Å². The monoisotopic (exact) mass is 483 g/mol. The lowest BCUT2D eigenvalue weighted by Crippen LogP contribution is -2.25. The van der Waals surface area contributed by atoms with Crippen molar-refractivity contribution < 1.29 is 27.9 Å². The molecule has 180 valence electrons. The Labute approximate surface area is 198 Å². The summed E-state index contributed by atoms with van der Waals surface area (Å²) in [5.74, 6) is -2.23. The van der Waals surface area contributed by atoms with Gasteiger partial charge in [-0.2, -0.15) is 13.2 Å². The Morgan fingerprint density at radius 1 is 0.943 bits per heavy atom. The molecule has 0 aliphatic heterocycles. The molecular formula is C24H20F3N5O3. The molecule has 0 bridgehead atoms. The average Bonchev–Trinajstić information content (AvgIpc) is 3.25. The maximum Gasteiger partial charge on any atom is 0.490 e. The third-order valence-electron chi connectivity index (χ3n) is 4.65. The van der Waals surface area contributed by atoms with Gasteiger partial charge in [0.15, 0.2) is 5.82 Å². The van der Waals surface area contributed by atoms with Crippen LogP contribution in [0.25, 0.3) is 22.5 Å². The van der Waals surface area contributed by atoms with E-state index in [0.717, 1.165) is 22.4 Å². The Morgan fingerprint density at radius 3 is 2.14 bits per heavy atom. The number of rotatable bonds is 5. The highest BCUT2D eigenvalue weighted by Crippen LogP contribution is 2.22. The molecule has 0 aliphatic rings. The van der Waals surface area contributed by atoms with Crippen LogP contribution >= 0.6 is 0 Å². The van der Waals surface area contributed by atoms with Crippen molar-refractivity contribution in [3.8, 4) is 22.5 Å². The van der Waals surface area contributed by atoms with E-state index in [2.05, 4.69) is 20.3 Å². The fourth-order valence-corrected chi connectivity index (χ4v) is 2.93. The molecule has 8 nitrogen and oxygen atoms in total. The van der Waals surface area contributed by atoms with Gasteiger partial charge in [-0.15, -0.1) is 0 Å². The summed E-state index contributed by atoms with van der Waals surface area (Å²) in [6.07, 6.45) is 2.08. The number of nitrogens with zero attached hydrogens (tertiary/aromatic N) is 4. The van der Waals surface area contributed by atoms with Gasteiger partial charge in [-0.1, -0.05) is 36.4 Å². The van der Waals surface area contributed by atoms with Crippen LogP contribution in [0.15, 0.2) is 79.4 Å². The smallest absolute Gasteiger partial charge is 0.475 e. The summed E-state index contributed by atoms with van der Waals surface area (Å²) in [6.45, 7) is 0.384. The first-order valence-corrected chi connectivity index (χ1v) is 10.2. The second-order valence-electron chi connectivity index (χ2n) is 7.19. The number of carbonyl (C=O) groups is 2. The van der Waals surface area contributed by atoms with E-state index in [0.29, 0.717) is 18.1 Å². The first kappa shape index (κ1) is 25.1. The molecule has 0 radical (unpaired) electrons. The first-order valence-electron chi connectivity index (χ1n) is 10.2. The second kappa shape index (κ2) is 11.1. The molecule has 11 heteroatoms. The number of halogens is 3. The van der Waals surface area contributed by atoms with Crippen molar-refractivity contribution in [2.75, 3.05) is 0 Å². The minimum Gasteiger partial charge on any atom is -0.475 e. The van der Waals surface area contributed by atoms with Crippen molar-refractivity contribution in [2.24, 2.45) is 7.05 Å². The number of amides is 1. The third-order valence-corrected chi connectivity index (χ3v) is 4.65. The molecule has 1 amide bonds. The molecule has 35 heavy (non-hydrogen) atoms. The van der Waals surface area contributed by atoms with Crippen LogP contribution in [0.3, 0.4) is 0 Å². The molecule has 0 aliphatic carbocycles. The Hall–Kier alpha value is -4.54. The van der Waals surface area contributed by atoms with Crippen LogP contribution in [-0.2, 0) is 18.4 Å².